The van der Waals surface area contributed by atoms with Gasteiger partial charge in [0.25, 0.3) is 0 Å². The molecule has 1 aliphatic carbocycles. The van der Waals surface area contributed by atoms with Crippen molar-refractivity contribution in [1.29, 1.82) is 0 Å². The summed E-state index contributed by atoms with van der Waals surface area (Å²) in [7, 11) is -1.54. The van der Waals surface area contributed by atoms with E-state index in [-0.39, 0.29) is 5.75 Å². The SMILES string of the molecule is CCCCCCCCS(=O)(=O)[O-].CC[N+](C)(CC)C1CCCCC1. The van der Waals surface area contributed by atoms with E-state index in [4.69, 9.17) is 0 Å². The van der Waals surface area contributed by atoms with E-state index in [1.165, 1.54) is 62.5 Å². The summed E-state index contributed by atoms with van der Waals surface area (Å²) in [6, 6.07) is 0.966. The first kappa shape index (κ1) is 23.9. The maximum absolute atomic E-state index is 10.2. The number of hydrogen-bond acceptors (Lipinski definition) is 3. The number of quaternary nitrogens is 1. The zero-order chi connectivity index (χ0) is 18.5. The third-order valence-electron chi connectivity index (χ3n) is 5.65. The first-order valence-corrected chi connectivity index (χ1v) is 11.6. The van der Waals surface area contributed by atoms with Gasteiger partial charge in [0.15, 0.2) is 0 Å². The second-order valence-corrected chi connectivity index (χ2v) is 8.96. The molecule has 0 heterocycles. The molecule has 0 spiro atoms. The smallest absolute Gasteiger partial charge is 0.0945 e. The monoisotopic (exact) mass is 363 g/mol. The lowest BCUT2D eigenvalue weighted by Gasteiger charge is -2.42. The summed E-state index contributed by atoms with van der Waals surface area (Å²) in [5.41, 5.74) is 0. The van der Waals surface area contributed by atoms with Crippen LogP contribution in [0.1, 0.15) is 91.4 Å². The summed E-state index contributed by atoms with van der Waals surface area (Å²) in [6.45, 7) is 9.40. The van der Waals surface area contributed by atoms with Crippen LogP contribution < -0.4 is 0 Å². The van der Waals surface area contributed by atoms with Crippen LogP contribution in [0.5, 0.6) is 0 Å². The molecule has 0 aromatic carbocycles. The van der Waals surface area contributed by atoms with Crippen molar-refractivity contribution in [1.82, 2.24) is 0 Å². The van der Waals surface area contributed by atoms with Gasteiger partial charge in [0, 0.05) is 5.75 Å². The van der Waals surface area contributed by atoms with Crippen molar-refractivity contribution in [2.24, 2.45) is 0 Å². The van der Waals surface area contributed by atoms with Gasteiger partial charge in [-0.05, 0) is 46.0 Å². The van der Waals surface area contributed by atoms with Crippen LogP contribution in [0.3, 0.4) is 0 Å². The highest BCUT2D eigenvalue weighted by Gasteiger charge is 2.30. The average molecular weight is 364 g/mol. The minimum Gasteiger partial charge on any atom is -0.748 e. The molecule has 0 aromatic heterocycles. The largest absolute Gasteiger partial charge is 0.748 e. The van der Waals surface area contributed by atoms with Crippen LogP contribution in [-0.4, -0.2) is 49.4 Å². The third kappa shape index (κ3) is 11.4. The lowest BCUT2D eigenvalue weighted by atomic mass is 9.92. The normalized spacial score (nSPS) is 16.5. The molecule has 0 saturated heterocycles. The van der Waals surface area contributed by atoms with Crippen molar-refractivity contribution < 1.29 is 17.5 Å². The van der Waals surface area contributed by atoms with E-state index < -0.39 is 10.1 Å². The first-order valence-electron chi connectivity index (χ1n) is 10.1. The molecule has 0 N–H and O–H groups in total. The van der Waals surface area contributed by atoms with Crippen LogP contribution in [0.15, 0.2) is 0 Å². The van der Waals surface area contributed by atoms with Crippen LogP contribution in [0.2, 0.25) is 0 Å². The Morgan fingerprint density at radius 1 is 0.875 bits per heavy atom. The van der Waals surface area contributed by atoms with Crippen molar-refractivity contribution in [3.8, 4) is 0 Å². The Morgan fingerprint density at radius 2 is 1.38 bits per heavy atom. The third-order valence-corrected chi connectivity index (χ3v) is 6.44. The summed E-state index contributed by atoms with van der Waals surface area (Å²) >= 11 is 0. The molecule has 5 heteroatoms. The van der Waals surface area contributed by atoms with Gasteiger partial charge in [-0.25, -0.2) is 8.42 Å². The minimum absolute atomic E-state index is 0.195. The van der Waals surface area contributed by atoms with Crippen molar-refractivity contribution in [2.75, 3.05) is 25.9 Å². The van der Waals surface area contributed by atoms with Crippen molar-refractivity contribution in [3.05, 3.63) is 0 Å². The van der Waals surface area contributed by atoms with E-state index in [1.807, 2.05) is 0 Å². The minimum atomic E-state index is -3.97. The van der Waals surface area contributed by atoms with E-state index in [1.54, 1.807) is 0 Å². The van der Waals surface area contributed by atoms with Crippen LogP contribution in [-0.2, 0) is 10.1 Å². The van der Waals surface area contributed by atoms with Gasteiger partial charge >= 0.3 is 0 Å². The Morgan fingerprint density at radius 3 is 1.83 bits per heavy atom. The summed E-state index contributed by atoms with van der Waals surface area (Å²) < 4.78 is 31.8. The first-order chi connectivity index (χ1) is 11.3. The highest BCUT2D eigenvalue weighted by Crippen LogP contribution is 2.26. The molecule has 0 atom stereocenters. The topological polar surface area (TPSA) is 57.2 Å². The molecule has 4 nitrogen and oxygen atoms in total. The van der Waals surface area contributed by atoms with Crippen LogP contribution in [0, 0.1) is 0 Å². The van der Waals surface area contributed by atoms with Gasteiger partial charge in [0.2, 0.25) is 0 Å². The molecule has 1 aliphatic rings. The standard InChI is InChI=1S/C11H24N.C8H18O3S/c1-4-12(3,5-2)11-9-7-6-8-10-11;1-2-3-4-5-6-7-8-12(9,10)11/h11H,4-10H2,1-3H3;2-8H2,1H3,(H,9,10,11)/q+1;/p-1. The van der Waals surface area contributed by atoms with Gasteiger partial charge in [-0.2, -0.15) is 0 Å². The molecule has 0 aliphatic heterocycles. The van der Waals surface area contributed by atoms with Gasteiger partial charge < -0.3 is 9.04 Å². The fourth-order valence-electron chi connectivity index (χ4n) is 3.50. The van der Waals surface area contributed by atoms with Gasteiger partial charge in [0.1, 0.15) is 0 Å². The molecule has 0 unspecified atom stereocenters. The van der Waals surface area contributed by atoms with Crippen molar-refractivity contribution >= 4 is 10.1 Å². The van der Waals surface area contributed by atoms with E-state index >= 15 is 0 Å². The second-order valence-electron chi connectivity index (χ2n) is 7.43. The predicted octanol–water partition coefficient (Wildman–Crippen LogP) is 4.70. The number of hydrogen-bond donors (Lipinski definition) is 0. The molecule has 0 radical (unpaired) electrons. The molecule has 1 saturated carbocycles. The zero-order valence-corrected chi connectivity index (χ0v) is 17.4. The fraction of sp³-hybridized carbons (Fsp3) is 1.00. The Hall–Kier alpha value is -0.130. The van der Waals surface area contributed by atoms with Gasteiger partial charge in [-0.3, -0.25) is 0 Å². The fourth-order valence-corrected chi connectivity index (χ4v) is 4.06. The Balaban J connectivity index is 0.000000441. The van der Waals surface area contributed by atoms with Crippen LogP contribution in [0.25, 0.3) is 0 Å². The average Bonchev–Trinajstić information content (AvgIpc) is 2.58. The quantitative estimate of drug-likeness (QED) is 0.321. The van der Waals surface area contributed by atoms with Crippen molar-refractivity contribution in [2.45, 2.75) is 97.4 Å². The summed E-state index contributed by atoms with van der Waals surface area (Å²) in [6.07, 6.45) is 13.3. The zero-order valence-electron chi connectivity index (χ0n) is 16.6. The molecule has 0 amide bonds. The second kappa shape index (κ2) is 13.1. The summed E-state index contributed by atoms with van der Waals surface area (Å²) in [4.78, 5) is 0. The molecule has 24 heavy (non-hydrogen) atoms. The summed E-state index contributed by atoms with van der Waals surface area (Å²) in [5, 5.41) is 0. The Kier molecular flexibility index (Phi) is 13.1. The molecule has 146 valence electrons. The molecule has 0 bridgehead atoms. The van der Waals surface area contributed by atoms with Crippen LogP contribution in [0.4, 0.5) is 0 Å². The van der Waals surface area contributed by atoms with Gasteiger partial charge in [-0.15, -0.1) is 0 Å². The van der Waals surface area contributed by atoms with E-state index in [9.17, 15) is 13.0 Å². The van der Waals surface area contributed by atoms with E-state index in [0.29, 0.717) is 6.42 Å². The lowest BCUT2D eigenvalue weighted by Crippen LogP contribution is -2.52. The maximum Gasteiger partial charge on any atom is 0.0945 e. The van der Waals surface area contributed by atoms with Gasteiger partial charge in [-0.1, -0.05) is 45.4 Å². The van der Waals surface area contributed by atoms with Crippen molar-refractivity contribution in [3.63, 3.8) is 0 Å². The molecule has 0 aromatic rings. The van der Waals surface area contributed by atoms with Gasteiger partial charge in [0.05, 0.1) is 36.3 Å². The predicted molar refractivity (Wildman–Crippen MR) is 102 cm³/mol. The molecular formula is C19H41NO3S. The lowest BCUT2D eigenvalue weighted by molar-refractivity contribution is -0.931. The summed E-state index contributed by atoms with van der Waals surface area (Å²) in [5.74, 6) is -0.195. The Bertz CT molecular complexity index is 385. The molecular weight excluding hydrogens is 322 g/mol. The highest BCUT2D eigenvalue weighted by molar-refractivity contribution is 7.85. The Labute approximate surface area is 151 Å². The highest BCUT2D eigenvalue weighted by atomic mass is 32.2. The number of rotatable bonds is 10. The maximum atomic E-state index is 10.2. The number of unbranched alkanes of at least 4 members (excludes halogenated alkanes) is 5. The molecule has 1 fully saturated rings. The van der Waals surface area contributed by atoms with E-state index in [2.05, 4.69) is 27.8 Å². The van der Waals surface area contributed by atoms with Crippen LogP contribution >= 0.6 is 0 Å². The number of nitrogens with zero attached hydrogens (tertiary/aromatic N) is 1. The molecule has 1 rings (SSSR count). The van der Waals surface area contributed by atoms with E-state index in [0.717, 1.165) is 25.3 Å².